The molecule has 140 valence electrons. The first kappa shape index (κ1) is 17.7. The van der Waals surface area contributed by atoms with Crippen molar-refractivity contribution in [2.24, 2.45) is 0 Å². The molecule has 0 spiro atoms. The molecular formula is C23H25NO3. The van der Waals surface area contributed by atoms with E-state index in [0.717, 1.165) is 33.5 Å². The monoisotopic (exact) mass is 363 g/mol. The minimum Gasteiger partial charge on any atom is -0.473 e. The van der Waals surface area contributed by atoms with Gasteiger partial charge in [-0.2, -0.15) is 0 Å². The number of aryl methyl sites for hydroxylation is 1. The normalized spacial score (nSPS) is 13.7. The van der Waals surface area contributed by atoms with E-state index in [0.29, 0.717) is 31.2 Å². The third kappa shape index (κ3) is 2.99. The predicted octanol–water partition coefficient (Wildman–Crippen LogP) is 5.14. The van der Waals surface area contributed by atoms with E-state index in [4.69, 9.17) is 9.15 Å². The molecule has 0 atom stereocenters. The second-order valence-corrected chi connectivity index (χ2v) is 7.48. The summed E-state index contributed by atoms with van der Waals surface area (Å²) < 4.78 is 11.7. The van der Waals surface area contributed by atoms with Crippen LogP contribution in [0, 0.1) is 6.92 Å². The average Bonchev–Trinajstić information content (AvgIpc) is 2.68. The molecule has 0 radical (unpaired) electrons. The second kappa shape index (κ2) is 6.76. The molecule has 0 unspecified atom stereocenters. The molecule has 4 heteroatoms. The van der Waals surface area contributed by atoms with Gasteiger partial charge in [0.25, 0.3) is 0 Å². The minimum absolute atomic E-state index is 0.241. The summed E-state index contributed by atoms with van der Waals surface area (Å²) in [6, 6.07) is 12.6. The van der Waals surface area contributed by atoms with Crippen LogP contribution in [-0.4, -0.2) is 6.73 Å². The smallest absolute Gasteiger partial charge is 0.339 e. The van der Waals surface area contributed by atoms with Crippen molar-refractivity contribution in [2.45, 2.75) is 46.6 Å². The van der Waals surface area contributed by atoms with Crippen LogP contribution in [0.1, 0.15) is 48.9 Å². The van der Waals surface area contributed by atoms with Gasteiger partial charge in [-0.3, -0.25) is 0 Å². The van der Waals surface area contributed by atoms with Gasteiger partial charge in [0.15, 0.2) is 6.73 Å². The first-order valence-electron chi connectivity index (χ1n) is 9.55. The fraction of sp³-hybridized carbons (Fsp3) is 0.348. The lowest BCUT2D eigenvalue weighted by Gasteiger charge is -2.31. The lowest BCUT2D eigenvalue weighted by Crippen LogP contribution is -2.32. The van der Waals surface area contributed by atoms with Crippen LogP contribution in [0.3, 0.4) is 0 Å². The van der Waals surface area contributed by atoms with E-state index in [1.165, 1.54) is 5.56 Å². The zero-order valence-electron chi connectivity index (χ0n) is 16.3. The highest BCUT2D eigenvalue weighted by Crippen LogP contribution is 2.35. The molecule has 2 heterocycles. The van der Waals surface area contributed by atoms with E-state index < -0.39 is 0 Å². The summed E-state index contributed by atoms with van der Waals surface area (Å²) in [5.74, 6) is 1.30. The predicted molar refractivity (Wildman–Crippen MR) is 109 cm³/mol. The Morgan fingerprint density at radius 3 is 2.52 bits per heavy atom. The lowest BCUT2D eigenvalue weighted by atomic mass is 10.00. The van der Waals surface area contributed by atoms with Crippen molar-refractivity contribution in [1.29, 1.82) is 0 Å². The molecule has 27 heavy (non-hydrogen) atoms. The van der Waals surface area contributed by atoms with E-state index in [-0.39, 0.29) is 5.63 Å². The first-order valence-corrected chi connectivity index (χ1v) is 9.55. The Hall–Kier alpha value is -2.75. The van der Waals surface area contributed by atoms with Crippen LogP contribution in [0.25, 0.3) is 11.0 Å². The standard InChI is InChI=1S/C23H25NO3/c1-5-18-15(4)19-10-11-21-20(22(19)27-23(18)25)12-24(13-26-21)17-8-6-16(7-9-17)14(2)3/h6-11,14H,5,12-13H2,1-4H3. The maximum Gasteiger partial charge on any atom is 0.339 e. The van der Waals surface area contributed by atoms with Gasteiger partial charge in [-0.15, -0.1) is 0 Å². The molecular weight excluding hydrogens is 338 g/mol. The molecule has 4 rings (SSSR count). The van der Waals surface area contributed by atoms with E-state index in [1.54, 1.807) is 0 Å². The summed E-state index contributed by atoms with van der Waals surface area (Å²) in [6.07, 6.45) is 0.673. The van der Waals surface area contributed by atoms with Crippen molar-refractivity contribution in [2.75, 3.05) is 11.6 Å². The van der Waals surface area contributed by atoms with Gasteiger partial charge in [0.05, 0.1) is 12.1 Å². The Bertz CT molecular complexity index is 1050. The zero-order chi connectivity index (χ0) is 19.1. The Balaban J connectivity index is 1.77. The fourth-order valence-corrected chi connectivity index (χ4v) is 3.81. The minimum atomic E-state index is -0.241. The van der Waals surface area contributed by atoms with Crippen LogP contribution in [-0.2, 0) is 13.0 Å². The number of anilines is 1. The fourth-order valence-electron chi connectivity index (χ4n) is 3.81. The molecule has 0 saturated carbocycles. The van der Waals surface area contributed by atoms with Crippen molar-refractivity contribution in [3.63, 3.8) is 0 Å². The first-order chi connectivity index (χ1) is 13.0. The third-order valence-corrected chi connectivity index (χ3v) is 5.52. The summed E-state index contributed by atoms with van der Waals surface area (Å²) in [6.45, 7) is 9.50. The number of fused-ring (bicyclic) bond motifs is 3. The lowest BCUT2D eigenvalue weighted by molar-refractivity contribution is 0.289. The highest BCUT2D eigenvalue weighted by Gasteiger charge is 2.23. The number of rotatable bonds is 3. The van der Waals surface area contributed by atoms with Gasteiger partial charge in [0, 0.05) is 16.6 Å². The van der Waals surface area contributed by atoms with Gasteiger partial charge in [0.2, 0.25) is 0 Å². The third-order valence-electron chi connectivity index (χ3n) is 5.52. The molecule has 1 aliphatic rings. The molecule has 3 aromatic rings. The van der Waals surface area contributed by atoms with Crippen LogP contribution >= 0.6 is 0 Å². The highest BCUT2D eigenvalue weighted by atomic mass is 16.5. The summed E-state index contributed by atoms with van der Waals surface area (Å²) in [4.78, 5) is 14.6. The van der Waals surface area contributed by atoms with Crippen LogP contribution in [0.2, 0.25) is 0 Å². The molecule has 4 nitrogen and oxygen atoms in total. The highest BCUT2D eigenvalue weighted by molar-refractivity contribution is 5.86. The maximum absolute atomic E-state index is 12.4. The summed E-state index contributed by atoms with van der Waals surface area (Å²) in [5, 5.41) is 0.991. The van der Waals surface area contributed by atoms with Gasteiger partial charge in [-0.05, 0) is 54.7 Å². The van der Waals surface area contributed by atoms with E-state index >= 15 is 0 Å². The number of hydrogen-bond donors (Lipinski definition) is 0. The van der Waals surface area contributed by atoms with Crippen molar-refractivity contribution < 1.29 is 9.15 Å². The number of benzene rings is 2. The van der Waals surface area contributed by atoms with Crippen LogP contribution in [0.5, 0.6) is 5.75 Å². The largest absolute Gasteiger partial charge is 0.473 e. The van der Waals surface area contributed by atoms with Gasteiger partial charge < -0.3 is 14.1 Å². The van der Waals surface area contributed by atoms with Crippen molar-refractivity contribution in [1.82, 2.24) is 0 Å². The molecule has 1 aromatic heterocycles. The molecule has 1 aliphatic heterocycles. The SMILES string of the molecule is CCc1c(C)c2ccc3c(c2oc1=O)CN(c1ccc(C(C)C)cc1)CO3. The molecule has 0 N–H and O–H groups in total. The van der Waals surface area contributed by atoms with Gasteiger partial charge in [-0.1, -0.05) is 32.9 Å². The van der Waals surface area contributed by atoms with Crippen molar-refractivity contribution in [3.05, 3.63) is 69.1 Å². The van der Waals surface area contributed by atoms with Gasteiger partial charge in [0.1, 0.15) is 11.3 Å². The molecule has 0 fully saturated rings. The summed E-state index contributed by atoms with van der Waals surface area (Å²) in [5.41, 5.74) is 5.52. The molecule has 0 amide bonds. The molecule has 0 saturated heterocycles. The zero-order valence-corrected chi connectivity index (χ0v) is 16.3. The van der Waals surface area contributed by atoms with Gasteiger partial charge in [-0.25, -0.2) is 4.79 Å². The second-order valence-electron chi connectivity index (χ2n) is 7.48. The molecule has 0 aliphatic carbocycles. The quantitative estimate of drug-likeness (QED) is 0.604. The van der Waals surface area contributed by atoms with E-state index in [9.17, 15) is 4.79 Å². The van der Waals surface area contributed by atoms with Crippen molar-refractivity contribution in [3.8, 4) is 5.75 Å². The van der Waals surface area contributed by atoms with Crippen molar-refractivity contribution >= 4 is 16.7 Å². The van der Waals surface area contributed by atoms with Crippen LogP contribution in [0.15, 0.2) is 45.6 Å². The van der Waals surface area contributed by atoms with Gasteiger partial charge >= 0.3 is 5.63 Å². The average molecular weight is 363 g/mol. The topological polar surface area (TPSA) is 42.7 Å². The summed E-state index contributed by atoms with van der Waals surface area (Å²) >= 11 is 0. The van der Waals surface area contributed by atoms with E-state index in [1.807, 2.05) is 26.0 Å². The number of nitrogens with zero attached hydrogens (tertiary/aromatic N) is 1. The maximum atomic E-state index is 12.4. The Labute approximate surface area is 159 Å². The number of ether oxygens (including phenoxy) is 1. The van der Waals surface area contributed by atoms with E-state index in [2.05, 4.69) is 43.0 Å². The Morgan fingerprint density at radius 2 is 1.85 bits per heavy atom. The molecule has 0 bridgehead atoms. The Morgan fingerprint density at radius 1 is 1.11 bits per heavy atom. The molecule has 2 aromatic carbocycles. The number of hydrogen-bond acceptors (Lipinski definition) is 4. The van der Waals surface area contributed by atoms with Crippen LogP contribution in [0.4, 0.5) is 5.69 Å². The summed E-state index contributed by atoms with van der Waals surface area (Å²) in [7, 11) is 0. The Kier molecular flexibility index (Phi) is 4.42. The van der Waals surface area contributed by atoms with Crippen LogP contribution < -0.4 is 15.3 Å².